The monoisotopic (exact) mass is 251 g/mol. The van der Waals surface area contributed by atoms with E-state index < -0.39 is 11.1 Å². The molecule has 0 heterocycles. The van der Waals surface area contributed by atoms with Crippen molar-refractivity contribution in [3.63, 3.8) is 0 Å². The van der Waals surface area contributed by atoms with Gasteiger partial charge in [0.05, 0.1) is 4.90 Å². The number of benzene rings is 1. The van der Waals surface area contributed by atoms with Crippen LogP contribution < -0.4 is 5.32 Å². The molecular weight excluding hydrogens is 238 g/mol. The molecule has 17 heavy (non-hydrogen) atoms. The van der Waals surface area contributed by atoms with Crippen molar-refractivity contribution in [1.82, 2.24) is 5.32 Å². The Kier molecular flexibility index (Phi) is 5.40. The summed E-state index contributed by atoms with van der Waals surface area (Å²) in [6.45, 7) is 0.496. The Bertz CT molecular complexity index is 465. The van der Waals surface area contributed by atoms with E-state index in [1.54, 1.807) is 12.1 Å². The first kappa shape index (κ1) is 13.4. The second kappa shape index (κ2) is 6.84. The van der Waals surface area contributed by atoms with Crippen LogP contribution in [0, 0.1) is 12.3 Å². The molecule has 0 aliphatic rings. The van der Waals surface area contributed by atoms with Crippen LogP contribution in [0.5, 0.6) is 0 Å². The molecule has 0 bridgehead atoms. The maximum Gasteiger partial charge on any atom is 0.251 e. The van der Waals surface area contributed by atoms with Crippen molar-refractivity contribution in [2.45, 2.75) is 17.7 Å². The smallest absolute Gasteiger partial charge is 0.251 e. The highest BCUT2D eigenvalue weighted by atomic mass is 32.2. The molecule has 0 aliphatic carbocycles. The zero-order chi connectivity index (χ0) is 12.7. The van der Waals surface area contributed by atoms with E-state index in [0.29, 0.717) is 24.9 Å². The number of amides is 1. The topological polar surface area (TPSA) is 66.4 Å². The van der Waals surface area contributed by atoms with E-state index in [0.717, 1.165) is 0 Å². The number of terminal acetylenes is 1. The minimum Gasteiger partial charge on any atom is -0.352 e. The molecule has 0 saturated heterocycles. The summed E-state index contributed by atoms with van der Waals surface area (Å²) in [7, 11) is 0. The molecule has 1 aromatic carbocycles. The number of carbonyl (C=O) groups excluding carboxylic acids is 1. The highest BCUT2D eigenvalue weighted by molar-refractivity contribution is 7.79. The summed E-state index contributed by atoms with van der Waals surface area (Å²) < 4.78 is 19.7. The van der Waals surface area contributed by atoms with Crippen molar-refractivity contribution in [3.8, 4) is 12.3 Å². The van der Waals surface area contributed by atoms with Crippen LogP contribution in [-0.2, 0) is 11.1 Å². The number of nitrogens with one attached hydrogen (secondary N) is 1. The first-order chi connectivity index (χ1) is 8.15. The summed E-state index contributed by atoms with van der Waals surface area (Å²) in [6, 6.07) is 6.05. The minimum atomic E-state index is -2.07. The fourth-order valence-corrected chi connectivity index (χ4v) is 1.66. The van der Waals surface area contributed by atoms with Gasteiger partial charge in [0.15, 0.2) is 11.1 Å². The van der Waals surface area contributed by atoms with E-state index >= 15 is 0 Å². The van der Waals surface area contributed by atoms with Gasteiger partial charge in [-0.2, -0.15) is 0 Å². The Labute approximate surface area is 103 Å². The van der Waals surface area contributed by atoms with E-state index in [4.69, 9.17) is 11.0 Å². The zero-order valence-corrected chi connectivity index (χ0v) is 10.00. The van der Waals surface area contributed by atoms with Crippen molar-refractivity contribution < 1.29 is 13.6 Å². The molecular formula is C12H13NO3S. The Morgan fingerprint density at radius 1 is 1.53 bits per heavy atom. The molecule has 0 spiro atoms. The van der Waals surface area contributed by atoms with Crippen molar-refractivity contribution in [3.05, 3.63) is 29.8 Å². The highest BCUT2D eigenvalue weighted by Crippen LogP contribution is 2.08. The molecule has 5 heteroatoms. The molecule has 1 amide bonds. The zero-order valence-electron chi connectivity index (χ0n) is 9.18. The van der Waals surface area contributed by atoms with Crippen LogP contribution in [0.1, 0.15) is 23.2 Å². The van der Waals surface area contributed by atoms with Gasteiger partial charge in [-0.05, 0) is 24.6 Å². The van der Waals surface area contributed by atoms with Crippen LogP contribution >= 0.6 is 0 Å². The van der Waals surface area contributed by atoms with Crippen LogP contribution in [0.2, 0.25) is 0 Å². The minimum absolute atomic E-state index is 0.210. The molecule has 90 valence electrons. The van der Waals surface area contributed by atoms with Crippen LogP contribution in [0.3, 0.4) is 0 Å². The number of rotatable bonds is 5. The van der Waals surface area contributed by atoms with Crippen LogP contribution in [0.15, 0.2) is 29.2 Å². The third kappa shape index (κ3) is 4.39. The van der Waals surface area contributed by atoms with E-state index in [9.17, 15) is 9.00 Å². The molecule has 1 unspecified atom stereocenters. The van der Waals surface area contributed by atoms with Gasteiger partial charge in [-0.25, -0.2) is 4.21 Å². The van der Waals surface area contributed by atoms with Gasteiger partial charge in [-0.15, -0.1) is 12.3 Å². The molecule has 0 aromatic heterocycles. The summed E-state index contributed by atoms with van der Waals surface area (Å²) >= 11 is -2.07. The van der Waals surface area contributed by atoms with Crippen LogP contribution in [-0.4, -0.2) is 21.2 Å². The Morgan fingerprint density at radius 3 is 2.94 bits per heavy atom. The number of carbonyl (C=O) groups is 1. The normalized spacial score (nSPS) is 11.5. The van der Waals surface area contributed by atoms with Crippen molar-refractivity contribution >= 4 is 17.0 Å². The fourth-order valence-electron chi connectivity index (χ4n) is 1.24. The average Bonchev–Trinajstić information content (AvgIpc) is 2.34. The second-order valence-electron chi connectivity index (χ2n) is 3.34. The largest absolute Gasteiger partial charge is 0.352 e. The second-order valence-corrected chi connectivity index (χ2v) is 4.31. The van der Waals surface area contributed by atoms with E-state index in [1.807, 2.05) is 0 Å². The molecule has 4 nitrogen and oxygen atoms in total. The maximum atomic E-state index is 11.6. The van der Waals surface area contributed by atoms with Gasteiger partial charge in [-0.1, -0.05) is 6.07 Å². The van der Waals surface area contributed by atoms with E-state index in [1.165, 1.54) is 12.1 Å². The lowest BCUT2D eigenvalue weighted by atomic mass is 10.2. The maximum absolute atomic E-state index is 11.6. The third-order valence-corrected chi connectivity index (χ3v) is 2.74. The van der Waals surface area contributed by atoms with Gasteiger partial charge in [-0.3, -0.25) is 4.79 Å². The summed E-state index contributed by atoms with van der Waals surface area (Å²) in [6.07, 6.45) is 6.41. The molecule has 0 radical (unpaired) electrons. The van der Waals surface area contributed by atoms with Crippen LogP contribution in [0.4, 0.5) is 0 Å². The molecule has 1 atom stereocenters. The number of hydrogen-bond donors (Lipinski definition) is 2. The molecule has 2 N–H and O–H groups in total. The molecule has 1 aromatic rings. The Hall–Kier alpha value is -1.64. The van der Waals surface area contributed by atoms with Gasteiger partial charge in [0, 0.05) is 18.5 Å². The van der Waals surface area contributed by atoms with Crippen LogP contribution in [0.25, 0.3) is 0 Å². The average molecular weight is 251 g/mol. The van der Waals surface area contributed by atoms with Crippen molar-refractivity contribution in [2.75, 3.05) is 6.54 Å². The lowest BCUT2D eigenvalue weighted by molar-refractivity contribution is 0.0953. The molecule has 0 saturated carbocycles. The van der Waals surface area contributed by atoms with E-state index in [2.05, 4.69) is 11.2 Å². The summed E-state index contributed by atoms with van der Waals surface area (Å²) in [5, 5.41) is 2.68. The number of hydrogen-bond acceptors (Lipinski definition) is 2. The van der Waals surface area contributed by atoms with Gasteiger partial charge >= 0.3 is 0 Å². The van der Waals surface area contributed by atoms with Crippen molar-refractivity contribution in [1.29, 1.82) is 0 Å². The standard InChI is InChI=1S/C12H13NO3S/c1-2-3-4-8-13-12(14)10-6-5-7-11(9-10)17(15)16/h1,5-7,9H,3-4,8H2,(H,13,14)(H,15,16). The first-order valence-corrected chi connectivity index (χ1v) is 6.18. The summed E-state index contributed by atoms with van der Waals surface area (Å²) in [4.78, 5) is 11.8. The summed E-state index contributed by atoms with van der Waals surface area (Å²) in [5.41, 5.74) is 0.366. The Balaban J connectivity index is 2.60. The number of unbranched alkanes of at least 4 members (excludes halogenated alkanes) is 1. The summed E-state index contributed by atoms with van der Waals surface area (Å²) in [5.74, 6) is 2.21. The van der Waals surface area contributed by atoms with E-state index in [-0.39, 0.29) is 10.8 Å². The quantitative estimate of drug-likeness (QED) is 0.472. The first-order valence-electron chi connectivity index (χ1n) is 5.07. The third-order valence-electron chi connectivity index (χ3n) is 2.08. The van der Waals surface area contributed by atoms with Gasteiger partial charge in [0.25, 0.3) is 5.91 Å². The predicted molar refractivity (Wildman–Crippen MR) is 65.9 cm³/mol. The SMILES string of the molecule is C#CCCCNC(=O)c1cccc(S(=O)O)c1. The van der Waals surface area contributed by atoms with Gasteiger partial charge in [0.1, 0.15) is 0 Å². The highest BCUT2D eigenvalue weighted by Gasteiger charge is 2.07. The van der Waals surface area contributed by atoms with Gasteiger partial charge in [0.2, 0.25) is 0 Å². The lowest BCUT2D eigenvalue weighted by Gasteiger charge is -2.04. The molecule has 0 fully saturated rings. The molecule has 1 rings (SSSR count). The van der Waals surface area contributed by atoms with Gasteiger partial charge < -0.3 is 9.87 Å². The predicted octanol–water partition coefficient (Wildman–Crippen LogP) is 1.41. The lowest BCUT2D eigenvalue weighted by Crippen LogP contribution is -2.24. The van der Waals surface area contributed by atoms with Crippen molar-refractivity contribution in [2.24, 2.45) is 0 Å². The Morgan fingerprint density at radius 2 is 2.29 bits per heavy atom. The fraction of sp³-hybridized carbons (Fsp3) is 0.250. The molecule has 0 aliphatic heterocycles.